The van der Waals surface area contributed by atoms with Gasteiger partial charge in [0, 0.05) is 13.1 Å². The number of hydrogen-bond donors (Lipinski definition) is 2. The maximum atomic E-state index is 9.42. The lowest BCUT2D eigenvalue weighted by molar-refractivity contribution is 0.199. The lowest BCUT2D eigenvalue weighted by Crippen LogP contribution is -2.31. The van der Waals surface area contributed by atoms with Crippen molar-refractivity contribution in [1.29, 1.82) is 0 Å². The zero-order valence-electron chi connectivity index (χ0n) is 9.81. The van der Waals surface area contributed by atoms with Gasteiger partial charge in [-0.1, -0.05) is 17.7 Å². The lowest BCUT2D eigenvalue weighted by Gasteiger charge is -2.26. The second-order valence-electron chi connectivity index (χ2n) is 4.03. The number of benzene rings is 1. The first-order chi connectivity index (χ1) is 7.47. The molecular formula is C12H18ClNO2. The van der Waals surface area contributed by atoms with Crippen LogP contribution in [-0.2, 0) is 0 Å². The van der Waals surface area contributed by atoms with E-state index in [9.17, 15) is 5.11 Å². The normalized spacial score (nSPS) is 14.6. The molecule has 0 aromatic heterocycles. The summed E-state index contributed by atoms with van der Waals surface area (Å²) in [6.07, 6.45) is -0.521. The quantitative estimate of drug-likeness (QED) is 0.852. The van der Waals surface area contributed by atoms with Crippen LogP contribution in [0.25, 0.3) is 0 Å². The van der Waals surface area contributed by atoms with Crippen molar-refractivity contribution in [2.24, 2.45) is 0 Å². The maximum Gasteiger partial charge on any atom is 0.0762 e. The Bertz CT molecular complexity index is 355. The Morgan fingerprint density at radius 1 is 1.38 bits per heavy atom. The standard InChI is InChI=1S/C12H18ClNO2/c1-8(7-15)14(3)12-5-4-10(9(2)16)6-11(12)13/h4-6,8-9,15-16H,7H2,1-3H3/t8?,9-/m1/s1. The minimum absolute atomic E-state index is 0.00917. The molecule has 0 fully saturated rings. The fourth-order valence-electron chi connectivity index (χ4n) is 1.43. The highest BCUT2D eigenvalue weighted by Gasteiger charge is 2.13. The van der Waals surface area contributed by atoms with Crippen LogP contribution in [-0.4, -0.2) is 29.9 Å². The van der Waals surface area contributed by atoms with Gasteiger partial charge in [0.2, 0.25) is 0 Å². The van der Waals surface area contributed by atoms with Gasteiger partial charge < -0.3 is 15.1 Å². The summed E-state index contributed by atoms with van der Waals surface area (Å²) < 4.78 is 0. The molecule has 16 heavy (non-hydrogen) atoms. The van der Waals surface area contributed by atoms with Crippen LogP contribution in [0.1, 0.15) is 25.5 Å². The Kier molecular flexibility index (Phi) is 4.59. The molecule has 0 radical (unpaired) electrons. The highest BCUT2D eigenvalue weighted by molar-refractivity contribution is 6.33. The predicted molar refractivity (Wildman–Crippen MR) is 67.0 cm³/mol. The van der Waals surface area contributed by atoms with Gasteiger partial charge in [0.05, 0.1) is 23.4 Å². The van der Waals surface area contributed by atoms with Crippen LogP contribution in [0.2, 0.25) is 5.02 Å². The van der Waals surface area contributed by atoms with Gasteiger partial charge in [-0.3, -0.25) is 0 Å². The third-order valence-electron chi connectivity index (χ3n) is 2.76. The first-order valence-corrected chi connectivity index (χ1v) is 5.66. The van der Waals surface area contributed by atoms with Crippen molar-refractivity contribution in [3.05, 3.63) is 28.8 Å². The summed E-state index contributed by atoms with van der Waals surface area (Å²) in [6.45, 7) is 3.69. The number of likely N-dealkylation sites (N-methyl/N-ethyl adjacent to an activating group) is 1. The molecule has 0 heterocycles. The van der Waals surface area contributed by atoms with Crippen LogP contribution < -0.4 is 4.90 Å². The molecule has 0 amide bonds. The molecule has 0 aliphatic heterocycles. The van der Waals surface area contributed by atoms with Crippen LogP contribution in [0.4, 0.5) is 5.69 Å². The topological polar surface area (TPSA) is 43.7 Å². The van der Waals surface area contributed by atoms with E-state index in [1.54, 1.807) is 13.0 Å². The average molecular weight is 244 g/mol. The van der Waals surface area contributed by atoms with E-state index in [-0.39, 0.29) is 12.6 Å². The van der Waals surface area contributed by atoms with Crippen LogP contribution in [0.5, 0.6) is 0 Å². The Labute approximate surface area is 101 Å². The van der Waals surface area contributed by atoms with E-state index in [0.29, 0.717) is 5.02 Å². The molecule has 2 N–H and O–H groups in total. The van der Waals surface area contributed by atoms with Gasteiger partial charge in [0.25, 0.3) is 0 Å². The molecule has 0 aliphatic rings. The Morgan fingerprint density at radius 2 is 2.00 bits per heavy atom. The molecule has 90 valence electrons. The van der Waals surface area contributed by atoms with Gasteiger partial charge >= 0.3 is 0 Å². The maximum absolute atomic E-state index is 9.42. The first kappa shape index (κ1) is 13.3. The molecule has 2 atom stereocenters. The van der Waals surface area contributed by atoms with Crippen molar-refractivity contribution < 1.29 is 10.2 Å². The zero-order valence-corrected chi connectivity index (χ0v) is 10.6. The smallest absolute Gasteiger partial charge is 0.0762 e. The van der Waals surface area contributed by atoms with Crippen LogP contribution >= 0.6 is 11.6 Å². The van der Waals surface area contributed by atoms with Crippen molar-refractivity contribution in [3.63, 3.8) is 0 Å². The third kappa shape index (κ3) is 2.88. The van der Waals surface area contributed by atoms with Crippen molar-refractivity contribution in [2.45, 2.75) is 26.0 Å². The average Bonchev–Trinajstić information content (AvgIpc) is 2.26. The van der Waals surface area contributed by atoms with Gasteiger partial charge in [-0.25, -0.2) is 0 Å². The molecule has 0 saturated heterocycles. The number of nitrogens with zero attached hydrogens (tertiary/aromatic N) is 1. The molecular weight excluding hydrogens is 226 g/mol. The molecule has 0 saturated carbocycles. The van der Waals surface area contributed by atoms with Crippen molar-refractivity contribution >= 4 is 17.3 Å². The van der Waals surface area contributed by atoms with Crippen LogP contribution in [0.15, 0.2) is 18.2 Å². The van der Waals surface area contributed by atoms with E-state index in [1.165, 1.54) is 0 Å². The van der Waals surface area contributed by atoms with E-state index < -0.39 is 6.10 Å². The molecule has 1 unspecified atom stereocenters. The second kappa shape index (κ2) is 5.53. The number of rotatable bonds is 4. The SMILES string of the molecule is CC(CO)N(C)c1ccc([C@@H](C)O)cc1Cl. The number of aliphatic hydroxyl groups excluding tert-OH is 2. The summed E-state index contributed by atoms with van der Waals surface area (Å²) in [7, 11) is 1.88. The summed E-state index contributed by atoms with van der Waals surface area (Å²) >= 11 is 6.13. The van der Waals surface area contributed by atoms with Gasteiger partial charge in [-0.15, -0.1) is 0 Å². The molecule has 4 heteroatoms. The summed E-state index contributed by atoms with van der Waals surface area (Å²) in [5.74, 6) is 0. The van der Waals surface area contributed by atoms with E-state index >= 15 is 0 Å². The highest BCUT2D eigenvalue weighted by atomic mass is 35.5. The number of anilines is 1. The predicted octanol–water partition coefficient (Wildman–Crippen LogP) is 2.21. The van der Waals surface area contributed by atoms with Gasteiger partial charge in [0.1, 0.15) is 0 Å². The zero-order chi connectivity index (χ0) is 12.3. The monoisotopic (exact) mass is 243 g/mol. The number of aliphatic hydroxyl groups is 2. The van der Waals surface area contributed by atoms with Crippen LogP contribution in [0.3, 0.4) is 0 Å². The van der Waals surface area contributed by atoms with Crippen molar-refractivity contribution in [3.8, 4) is 0 Å². The van der Waals surface area contributed by atoms with E-state index in [0.717, 1.165) is 11.3 Å². The van der Waals surface area contributed by atoms with E-state index in [2.05, 4.69) is 0 Å². The van der Waals surface area contributed by atoms with Gasteiger partial charge in [0.15, 0.2) is 0 Å². The van der Waals surface area contributed by atoms with Gasteiger partial charge in [-0.05, 0) is 31.5 Å². The Hall–Kier alpha value is -0.770. The highest BCUT2D eigenvalue weighted by Crippen LogP contribution is 2.29. The van der Waals surface area contributed by atoms with Crippen LogP contribution in [0, 0.1) is 0 Å². The molecule has 3 nitrogen and oxygen atoms in total. The lowest BCUT2D eigenvalue weighted by atomic mass is 10.1. The Balaban J connectivity index is 2.99. The van der Waals surface area contributed by atoms with Crippen molar-refractivity contribution in [1.82, 2.24) is 0 Å². The first-order valence-electron chi connectivity index (χ1n) is 5.28. The molecule has 1 aromatic carbocycles. The molecule has 1 aromatic rings. The third-order valence-corrected chi connectivity index (χ3v) is 3.06. The van der Waals surface area contributed by atoms with Crippen molar-refractivity contribution in [2.75, 3.05) is 18.6 Å². The fourth-order valence-corrected chi connectivity index (χ4v) is 1.75. The Morgan fingerprint density at radius 3 is 2.44 bits per heavy atom. The number of hydrogen-bond acceptors (Lipinski definition) is 3. The molecule has 0 bridgehead atoms. The molecule has 1 rings (SSSR count). The molecule has 0 spiro atoms. The van der Waals surface area contributed by atoms with E-state index in [1.807, 2.05) is 31.0 Å². The number of halogens is 1. The fraction of sp³-hybridized carbons (Fsp3) is 0.500. The summed E-state index contributed by atoms with van der Waals surface area (Å²) in [6, 6.07) is 5.46. The summed E-state index contributed by atoms with van der Waals surface area (Å²) in [5.41, 5.74) is 1.64. The minimum atomic E-state index is -0.521. The van der Waals surface area contributed by atoms with Gasteiger partial charge in [-0.2, -0.15) is 0 Å². The van der Waals surface area contributed by atoms with E-state index in [4.69, 9.17) is 16.7 Å². The summed E-state index contributed by atoms with van der Waals surface area (Å²) in [4.78, 5) is 1.91. The largest absolute Gasteiger partial charge is 0.394 e. The summed E-state index contributed by atoms with van der Waals surface area (Å²) in [5, 5.41) is 19.1. The second-order valence-corrected chi connectivity index (χ2v) is 4.44. The molecule has 0 aliphatic carbocycles. The minimum Gasteiger partial charge on any atom is -0.394 e.